The molecule has 0 aromatic heterocycles. The van der Waals surface area contributed by atoms with Gasteiger partial charge in [-0.05, 0) is 29.8 Å². The second kappa shape index (κ2) is 7.84. The molecule has 0 unspecified atom stereocenters. The first kappa shape index (κ1) is 18.8. The van der Waals surface area contributed by atoms with Gasteiger partial charge in [0, 0.05) is 55.4 Å². The number of piperazine rings is 1. The number of halogens is 1. The highest BCUT2D eigenvalue weighted by Crippen LogP contribution is 2.33. The Bertz CT molecular complexity index is 893. The molecule has 2 aliphatic heterocycles. The average molecular weight is 398 g/mol. The Hall–Kier alpha value is -2.53. The Morgan fingerprint density at radius 1 is 1.04 bits per heavy atom. The molecule has 2 amide bonds. The quantitative estimate of drug-likeness (QED) is 0.797. The highest BCUT2D eigenvalue weighted by molar-refractivity contribution is 6.30. The van der Waals surface area contributed by atoms with Crippen LogP contribution >= 0.6 is 11.6 Å². The molecule has 1 saturated heterocycles. The van der Waals surface area contributed by atoms with Crippen molar-refractivity contribution in [2.75, 3.05) is 36.0 Å². The van der Waals surface area contributed by atoms with Crippen LogP contribution in [0.1, 0.15) is 18.9 Å². The van der Waals surface area contributed by atoms with Gasteiger partial charge in [-0.1, -0.05) is 42.8 Å². The van der Waals surface area contributed by atoms with Gasteiger partial charge in [0.1, 0.15) is 6.04 Å². The summed E-state index contributed by atoms with van der Waals surface area (Å²) in [5, 5.41) is 0.716. The normalized spacial score (nSPS) is 18.9. The van der Waals surface area contributed by atoms with Crippen molar-refractivity contribution in [3.8, 4) is 0 Å². The van der Waals surface area contributed by atoms with Gasteiger partial charge < -0.3 is 9.80 Å². The Morgan fingerprint density at radius 2 is 1.79 bits per heavy atom. The lowest BCUT2D eigenvalue weighted by Crippen LogP contribution is -2.55. The SMILES string of the molecule is CCC(=O)N1c2ccccc2C[C@H]1C(=O)N1CCN(c2cccc(Cl)c2)CC1. The summed E-state index contributed by atoms with van der Waals surface area (Å²) in [6.07, 6.45) is 0.982. The average Bonchev–Trinajstić information content (AvgIpc) is 3.12. The van der Waals surface area contributed by atoms with E-state index in [4.69, 9.17) is 11.6 Å². The lowest BCUT2D eigenvalue weighted by Gasteiger charge is -2.38. The standard InChI is InChI=1S/C22H24ClN3O2/c1-2-21(27)26-19-9-4-3-6-16(19)14-20(26)22(28)25-12-10-24(11-13-25)18-8-5-7-17(23)15-18/h3-9,15,20H,2,10-14H2,1H3/t20-/m0/s1. The third-order valence-corrected chi connectivity index (χ3v) is 5.83. The lowest BCUT2D eigenvalue weighted by molar-refractivity contribution is -0.134. The maximum absolute atomic E-state index is 13.3. The van der Waals surface area contributed by atoms with Crippen molar-refractivity contribution in [1.29, 1.82) is 0 Å². The summed E-state index contributed by atoms with van der Waals surface area (Å²) in [5.74, 6) is 0.0459. The number of hydrogen-bond donors (Lipinski definition) is 0. The van der Waals surface area contributed by atoms with E-state index in [9.17, 15) is 9.59 Å². The molecule has 146 valence electrons. The van der Waals surface area contributed by atoms with Gasteiger partial charge in [-0.25, -0.2) is 0 Å². The molecule has 0 radical (unpaired) electrons. The monoisotopic (exact) mass is 397 g/mol. The molecule has 0 N–H and O–H groups in total. The van der Waals surface area contributed by atoms with E-state index in [0.29, 0.717) is 31.0 Å². The highest BCUT2D eigenvalue weighted by atomic mass is 35.5. The highest BCUT2D eigenvalue weighted by Gasteiger charge is 2.40. The number of benzene rings is 2. The van der Waals surface area contributed by atoms with E-state index >= 15 is 0 Å². The van der Waals surface area contributed by atoms with Crippen molar-refractivity contribution < 1.29 is 9.59 Å². The van der Waals surface area contributed by atoms with Crippen molar-refractivity contribution in [2.24, 2.45) is 0 Å². The van der Waals surface area contributed by atoms with Gasteiger partial charge in [0.2, 0.25) is 11.8 Å². The van der Waals surface area contributed by atoms with Crippen LogP contribution in [-0.4, -0.2) is 48.9 Å². The van der Waals surface area contributed by atoms with Crippen molar-refractivity contribution in [2.45, 2.75) is 25.8 Å². The van der Waals surface area contributed by atoms with E-state index in [-0.39, 0.29) is 11.8 Å². The van der Waals surface area contributed by atoms with Crippen LogP contribution in [0.15, 0.2) is 48.5 Å². The minimum absolute atomic E-state index is 0.000799. The summed E-state index contributed by atoms with van der Waals surface area (Å²) < 4.78 is 0. The molecule has 28 heavy (non-hydrogen) atoms. The molecule has 2 heterocycles. The molecular formula is C22H24ClN3O2. The Morgan fingerprint density at radius 3 is 2.50 bits per heavy atom. The zero-order valence-electron chi connectivity index (χ0n) is 16.0. The van der Waals surface area contributed by atoms with E-state index in [1.807, 2.05) is 60.4 Å². The van der Waals surface area contributed by atoms with E-state index < -0.39 is 6.04 Å². The molecule has 1 fully saturated rings. The van der Waals surface area contributed by atoms with E-state index in [0.717, 1.165) is 30.0 Å². The van der Waals surface area contributed by atoms with Crippen LogP contribution in [0.4, 0.5) is 11.4 Å². The van der Waals surface area contributed by atoms with Gasteiger partial charge in [-0.15, -0.1) is 0 Å². The fraction of sp³-hybridized carbons (Fsp3) is 0.364. The van der Waals surface area contributed by atoms with Crippen LogP contribution in [-0.2, 0) is 16.0 Å². The number of para-hydroxylation sites is 1. The maximum Gasteiger partial charge on any atom is 0.246 e. The van der Waals surface area contributed by atoms with E-state index in [1.54, 1.807) is 4.90 Å². The molecule has 0 bridgehead atoms. The molecule has 6 heteroatoms. The Balaban J connectivity index is 1.47. The molecule has 1 atom stereocenters. The van der Waals surface area contributed by atoms with Crippen LogP contribution in [0.5, 0.6) is 0 Å². The van der Waals surface area contributed by atoms with E-state index in [1.165, 1.54) is 0 Å². The second-order valence-electron chi connectivity index (χ2n) is 7.26. The summed E-state index contributed by atoms with van der Waals surface area (Å²) in [4.78, 5) is 31.7. The largest absolute Gasteiger partial charge is 0.368 e. The molecule has 2 aliphatic rings. The van der Waals surface area contributed by atoms with Crippen molar-refractivity contribution in [1.82, 2.24) is 4.90 Å². The minimum atomic E-state index is -0.428. The molecule has 0 aliphatic carbocycles. The first-order chi connectivity index (χ1) is 13.6. The maximum atomic E-state index is 13.3. The molecular weight excluding hydrogens is 374 g/mol. The molecule has 5 nitrogen and oxygen atoms in total. The van der Waals surface area contributed by atoms with Crippen LogP contribution in [0.2, 0.25) is 5.02 Å². The Kier molecular flexibility index (Phi) is 5.27. The number of nitrogens with zero attached hydrogens (tertiary/aromatic N) is 3. The van der Waals surface area contributed by atoms with E-state index in [2.05, 4.69) is 4.90 Å². The van der Waals surface area contributed by atoms with Crippen molar-refractivity contribution in [3.05, 3.63) is 59.1 Å². The summed E-state index contributed by atoms with van der Waals surface area (Å²) in [5.41, 5.74) is 3.03. The van der Waals surface area contributed by atoms with Crippen LogP contribution < -0.4 is 9.80 Å². The summed E-state index contributed by atoms with van der Waals surface area (Å²) >= 11 is 6.10. The third kappa shape index (κ3) is 3.47. The number of carbonyl (C=O) groups is 2. The number of amides is 2. The van der Waals surface area contributed by atoms with Gasteiger partial charge in [-0.3, -0.25) is 14.5 Å². The number of anilines is 2. The third-order valence-electron chi connectivity index (χ3n) is 5.60. The van der Waals surface area contributed by atoms with Gasteiger partial charge in [0.25, 0.3) is 0 Å². The minimum Gasteiger partial charge on any atom is -0.368 e. The van der Waals surface area contributed by atoms with Crippen LogP contribution in [0.25, 0.3) is 0 Å². The fourth-order valence-corrected chi connectivity index (χ4v) is 4.32. The molecule has 2 aromatic rings. The number of fused-ring (bicyclic) bond motifs is 1. The van der Waals surface area contributed by atoms with Crippen LogP contribution in [0.3, 0.4) is 0 Å². The predicted octanol–water partition coefficient (Wildman–Crippen LogP) is 3.36. The van der Waals surface area contributed by atoms with Gasteiger partial charge in [-0.2, -0.15) is 0 Å². The second-order valence-corrected chi connectivity index (χ2v) is 7.69. The number of rotatable bonds is 3. The summed E-state index contributed by atoms with van der Waals surface area (Å²) in [7, 11) is 0. The van der Waals surface area contributed by atoms with Crippen molar-refractivity contribution >= 4 is 34.8 Å². The van der Waals surface area contributed by atoms with Gasteiger partial charge in [0.15, 0.2) is 0 Å². The number of hydrogen-bond acceptors (Lipinski definition) is 3. The van der Waals surface area contributed by atoms with Gasteiger partial charge >= 0.3 is 0 Å². The first-order valence-corrected chi connectivity index (χ1v) is 10.2. The first-order valence-electron chi connectivity index (χ1n) is 9.77. The van der Waals surface area contributed by atoms with Crippen LogP contribution in [0, 0.1) is 0 Å². The number of carbonyl (C=O) groups excluding carboxylic acids is 2. The van der Waals surface area contributed by atoms with Crippen molar-refractivity contribution in [3.63, 3.8) is 0 Å². The molecule has 0 saturated carbocycles. The zero-order valence-corrected chi connectivity index (χ0v) is 16.7. The fourth-order valence-electron chi connectivity index (χ4n) is 4.13. The summed E-state index contributed by atoms with van der Waals surface area (Å²) in [6.45, 7) is 4.65. The smallest absolute Gasteiger partial charge is 0.246 e. The summed E-state index contributed by atoms with van der Waals surface area (Å²) in [6, 6.07) is 15.2. The predicted molar refractivity (Wildman–Crippen MR) is 112 cm³/mol. The zero-order chi connectivity index (χ0) is 19.7. The topological polar surface area (TPSA) is 43.9 Å². The van der Waals surface area contributed by atoms with Gasteiger partial charge in [0.05, 0.1) is 0 Å². The Labute approximate surface area is 170 Å². The lowest BCUT2D eigenvalue weighted by atomic mass is 10.1. The molecule has 0 spiro atoms. The molecule has 4 rings (SSSR count). The molecule has 2 aromatic carbocycles.